The van der Waals surface area contributed by atoms with Crippen molar-refractivity contribution in [3.63, 3.8) is 0 Å². The zero-order valence-corrected chi connectivity index (χ0v) is 13.4. The average molecular weight is 323 g/mol. The Kier molecular flexibility index (Phi) is 4.51. The molecule has 3 aromatic rings. The summed E-state index contributed by atoms with van der Waals surface area (Å²) in [5.41, 5.74) is 2.06. The molecular formula is C17H17N5O2. The highest BCUT2D eigenvalue weighted by molar-refractivity contribution is 5.92. The maximum Gasteiger partial charge on any atom is 0.267 e. The molecule has 0 saturated heterocycles. The molecule has 0 aliphatic heterocycles. The third-order valence-electron chi connectivity index (χ3n) is 3.36. The first kappa shape index (κ1) is 15.7. The van der Waals surface area contributed by atoms with Gasteiger partial charge in [-0.25, -0.2) is 0 Å². The fourth-order valence-corrected chi connectivity index (χ4v) is 2.04. The molecule has 0 aliphatic rings. The number of amides is 1. The molecule has 24 heavy (non-hydrogen) atoms. The lowest BCUT2D eigenvalue weighted by atomic mass is 10.1. The molecule has 0 unspecified atom stereocenters. The summed E-state index contributed by atoms with van der Waals surface area (Å²) in [6, 6.07) is 11.3. The van der Waals surface area contributed by atoms with E-state index in [0.29, 0.717) is 11.6 Å². The van der Waals surface area contributed by atoms with Crippen molar-refractivity contribution < 1.29 is 9.53 Å². The van der Waals surface area contributed by atoms with Gasteiger partial charge in [-0.05, 0) is 26.0 Å². The molecule has 0 fully saturated rings. The Hall–Kier alpha value is -3.22. The van der Waals surface area contributed by atoms with Crippen LogP contribution in [0.3, 0.4) is 0 Å². The van der Waals surface area contributed by atoms with Gasteiger partial charge in [-0.15, -0.1) is 5.10 Å². The van der Waals surface area contributed by atoms with Crippen LogP contribution in [-0.2, 0) is 4.79 Å². The first-order valence-electron chi connectivity index (χ1n) is 7.49. The summed E-state index contributed by atoms with van der Waals surface area (Å²) in [5.74, 6) is 0.979. The topological polar surface area (TPSA) is 92.8 Å². The molecular weight excluding hydrogens is 306 g/mol. The highest BCUT2D eigenvalue weighted by atomic mass is 16.5. The molecule has 7 nitrogen and oxygen atoms in total. The summed E-state index contributed by atoms with van der Waals surface area (Å²) in [7, 11) is 0. The van der Waals surface area contributed by atoms with Gasteiger partial charge in [-0.3, -0.25) is 20.2 Å². The second-order valence-electron chi connectivity index (χ2n) is 5.31. The maximum absolute atomic E-state index is 12.2. The second-order valence-corrected chi connectivity index (χ2v) is 5.31. The van der Waals surface area contributed by atoms with Gasteiger partial charge in [0.15, 0.2) is 11.9 Å². The Bertz CT molecular complexity index is 815. The van der Waals surface area contributed by atoms with Crippen LogP contribution in [-0.4, -0.2) is 32.2 Å². The number of nitrogens with one attached hydrogen (secondary N) is 2. The molecule has 2 aromatic heterocycles. The van der Waals surface area contributed by atoms with Gasteiger partial charge >= 0.3 is 0 Å². The predicted octanol–water partition coefficient (Wildman–Crippen LogP) is 2.58. The van der Waals surface area contributed by atoms with E-state index in [4.69, 9.17) is 4.74 Å². The van der Waals surface area contributed by atoms with E-state index in [0.717, 1.165) is 11.1 Å². The molecule has 1 atom stereocenters. The maximum atomic E-state index is 12.2. The minimum atomic E-state index is -0.699. The Morgan fingerprint density at radius 1 is 1.25 bits per heavy atom. The number of rotatable bonds is 5. The Morgan fingerprint density at radius 3 is 2.75 bits per heavy atom. The van der Waals surface area contributed by atoms with E-state index in [9.17, 15) is 4.79 Å². The van der Waals surface area contributed by atoms with E-state index in [-0.39, 0.29) is 11.9 Å². The number of H-pyrrole nitrogens is 1. The Morgan fingerprint density at radius 2 is 2.04 bits per heavy atom. The van der Waals surface area contributed by atoms with Crippen LogP contribution in [0, 0.1) is 6.92 Å². The molecule has 1 amide bonds. The van der Waals surface area contributed by atoms with Gasteiger partial charge in [0.05, 0.1) is 6.20 Å². The number of hydrogen-bond acceptors (Lipinski definition) is 5. The molecule has 2 heterocycles. The lowest BCUT2D eigenvalue weighted by Gasteiger charge is -2.12. The van der Waals surface area contributed by atoms with Crippen LogP contribution in [0.2, 0.25) is 0 Å². The van der Waals surface area contributed by atoms with Gasteiger partial charge in [0.2, 0.25) is 5.95 Å². The van der Waals surface area contributed by atoms with Gasteiger partial charge in [0.25, 0.3) is 5.91 Å². The Balaban J connectivity index is 1.63. The van der Waals surface area contributed by atoms with Crippen molar-refractivity contribution in [1.29, 1.82) is 0 Å². The molecule has 3 rings (SSSR count). The SMILES string of the molecule is Cc1ccc(-c2nc(NC(=O)[C@H](C)Oc3cccnc3)n[nH]2)cc1. The first-order chi connectivity index (χ1) is 11.6. The summed E-state index contributed by atoms with van der Waals surface area (Å²) < 4.78 is 5.51. The summed E-state index contributed by atoms with van der Waals surface area (Å²) in [4.78, 5) is 20.4. The summed E-state index contributed by atoms with van der Waals surface area (Å²) in [6.07, 6.45) is 2.49. The number of hydrogen-bond donors (Lipinski definition) is 2. The number of carbonyl (C=O) groups is 1. The van der Waals surface area contributed by atoms with Gasteiger partial charge in [-0.2, -0.15) is 4.98 Å². The number of aromatic nitrogens is 4. The van der Waals surface area contributed by atoms with Crippen molar-refractivity contribution in [2.75, 3.05) is 5.32 Å². The van der Waals surface area contributed by atoms with Gasteiger partial charge < -0.3 is 4.74 Å². The van der Waals surface area contributed by atoms with Crippen molar-refractivity contribution in [3.05, 3.63) is 54.4 Å². The van der Waals surface area contributed by atoms with Crippen LogP contribution >= 0.6 is 0 Å². The number of carbonyl (C=O) groups excluding carboxylic acids is 1. The molecule has 0 bridgehead atoms. The second kappa shape index (κ2) is 6.91. The number of anilines is 1. The normalized spacial score (nSPS) is 11.8. The van der Waals surface area contributed by atoms with Crippen LogP contribution in [0.15, 0.2) is 48.8 Å². The van der Waals surface area contributed by atoms with Crippen molar-refractivity contribution in [2.24, 2.45) is 0 Å². The lowest BCUT2D eigenvalue weighted by Crippen LogP contribution is -2.30. The molecule has 2 N–H and O–H groups in total. The minimum Gasteiger partial charge on any atom is -0.479 e. The average Bonchev–Trinajstić information content (AvgIpc) is 3.05. The monoisotopic (exact) mass is 323 g/mol. The number of nitrogens with zero attached hydrogens (tertiary/aromatic N) is 3. The summed E-state index contributed by atoms with van der Waals surface area (Å²) in [6.45, 7) is 3.66. The third kappa shape index (κ3) is 3.75. The van der Waals surface area contributed by atoms with E-state index < -0.39 is 6.10 Å². The van der Waals surface area contributed by atoms with E-state index in [2.05, 4.69) is 25.5 Å². The number of ether oxygens (including phenoxy) is 1. The quantitative estimate of drug-likeness (QED) is 0.753. The van der Waals surface area contributed by atoms with Crippen LogP contribution in [0.1, 0.15) is 12.5 Å². The largest absolute Gasteiger partial charge is 0.479 e. The van der Waals surface area contributed by atoms with Crippen LogP contribution < -0.4 is 10.1 Å². The highest BCUT2D eigenvalue weighted by Crippen LogP contribution is 2.17. The fourth-order valence-electron chi connectivity index (χ4n) is 2.04. The van der Waals surface area contributed by atoms with E-state index in [1.807, 2.05) is 31.2 Å². The van der Waals surface area contributed by atoms with Crippen LogP contribution in [0.4, 0.5) is 5.95 Å². The number of aromatic amines is 1. The number of benzene rings is 1. The molecule has 0 radical (unpaired) electrons. The minimum absolute atomic E-state index is 0.206. The molecule has 7 heteroatoms. The third-order valence-corrected chi connectivity index (χ3v) is 3.36. The van der Waals surface area contributed by atoms with Crippen molar-refractivity contribution in [3.8, 4) is 17.1 Å². The molecule has 0 saturated carbocycles. The zero-order chi connectivity index (χ0) is 16.9. The fraction of sp³-hybridized carbons (Fsp3) is 0.176. The zero-order valence-electron chi connectivity index (χ0n) is 13.4. The van der Waals surface area contributed by atoms with E-state index in [1.54, 1.807) is 31.5 Å². The van der Waals surface area contributed by atoms with Crippen LogP contribution in [0.5, 0.6) is 5.75 Å². The van der Waals surface area contributed by atoms with Gasteiger partial charge in [-0.1, -0.05) is 29.8 Å². The van der Waals surface area contributed by atoms with Gasteiger partial charge in [0.1, 0.15) is 5.75 Å². The molecule has 0 aliphatic carbocycles. The molecule has 122 valence electrons. The summed E-state index contributed by atoms with van der Waals surface area (Å²) in [5, 5.41) is 9.44. The highest BCUT2D eigenvalue weighted by Gasteiger charge is 2.17. The van der Waals surface area contributed by atoms with Crippen molar-refractivity contribution in [2.45, 2.75) is 20.0 Å². The number of aryl methyl sites for hydroxylation is 1. The Labute approximate surface area is 139 Å². The van der Waals surface area contributed by atoms with Crippen molar-refractivity contribution in [1.82, 2.24) is 20.2 Å². The first-order valence-corrected chi connectivity index (χ1v) is 7.49. The smallest absolute Gasteiger partial charge is 0.267 e. The summed E-state index contributed by atoms with van der Waals surface area (Å²) >= 11 is 0. The standard InChI is InChI=1S/C17H17N5O2/c1-11-5-7-13(8-6-11)15-19-17(22-21-15)20-16(23)12(2)24-14-4-3-9-18-10-14/h3-10,12H,1-2H3,(H2,19,20,21,22,23)/t12-/m0/s1. The number of pyridine rings is 1. The van der Waals surface area contributed by atoms with E-state index >= 15 is 0 Å². The lowest BCUT2D eigenvalue weighted by molar-refractivity contribution is -0.122. The predicted molar refractivity (Wildman–Crippen MR) is 89.5 cm³/mol. The van der Waals surface area contributed by atoms with Crippen LogP contribution in [0.25, 0.3) is 11.4 Å². The molecule has 0 spiro atoms. The van der Waals surface area contributed by atoms with Crippen molar-refractivity contribution >= 4 is 11.9 Å². The van der Waals surface area contributed by atoms with Gasteiger partial charge in [0, 0.05) is 11.8 Å². The molecule has 1 aromatic carbocycles. The van der Waals surface area contributed by atoms with E-state index in [1.165, 1.54) is 0 Å².